The smallest absolute Gasteiger partial charge is 0.162 e. The van der Waals surface area contributed by atoms with Crippen molar-refractivity contribution >= 4 is 21.7 Å². The van der Waals surface area contributed by atoms with Crippen LogP contribution in [0, 0.1) is 0 Å². The van der Waals surface area contributed by atoms with Gasteiger partial charge in [-0.3, -0.25) is 4.79 Å². The minimum atomic E-state index is -0.998. The standard InChI is InChI=1S/C9H9BrO2/c1-6(11)9(12)7-3-2-4-8(10)5-7/h2-5,9,12H,1H3. The van der Waals surface area contributed by atoms with Gasteiger partial charge in [0.25, 0.3) is 0 Å². The molecule has 1 N–H and O–H groups in total. The van der Waals surface area contributed by atoms with Crippen LogP contribution in [0.2, 0.25) is 0 Å². The highest BCUT2D eigenvalue weighted by molar-refractivity contribution is 9.10. The normalized spacial score (nSPS) is 12.6. The zero-order valence-corrected chi connectivity index (χ0v) is 8.21. The van der Waals surface area contributed by atoms with E-state index < -0.39 is 6.10 Å². The largest absolute Gasteiger partial charge is 0.381 e. The molecule has 1 aromatic carbocycles. The van der Waals surface area contributed by atoms with Crippen LogP contribution in [0.1, 0.15) is 18.6 Å². The summed E-state index contributed by atoms with van der Waals surface area (Å²) in [6.07, 6.45) is -0.998. The fraction of sp³-hybridized carbons (Fsp3) is 0.222. The number of Topliss-reactive ketones (excluding diaryl/α,β-unsaturated/α-hetero) is 1. The summed E-state index contributed by atoms with van der Waals surface area (Å²) in [6, 6.07) is 7.07. The van der Waals surface area contributed by atoms with Crippen LogP contribution in [0.15, 0.2) is 28.7 Å². The molecule has 0 aliphatic heterocycles. The molecule has 1 rings (SSSR count). The van der Waals surface area contributed by atoms with Gasteiger partial charge in [-0.1, -0.05) is 28.1 Å². The van der Waals surface area contributed by atoms with Crippen LogP contribution in [0.25, 0.3) is 0 Å². The average molecular weight is 229 g/mol. The molecule has 1 unspecified atom stereocenters. The fourth-order valence-corrected chi connectivity index (χ4v) is 1.33. The molecule has 1 atom stereocenters. The molecule has 0 saturated heterocycles. The molecule has 1 aromatic rings. The van der Waals surface area contributed by atoms with Gasteiger partial charge in [0.15, 0.2) is 5.78 Å². The highest BCUT2D eigenvalue weighted by atomic mass is 79.9. The molecule has 0 fully saturated rings. The third-order valence-corrected chi connectivity index (χ3v) is 2.04. The molecule has 0 radical (unpaired) electrons. The highest BCUT2D eigenvalue weighted by Crippen LogP contribution is 2.18. The van der Waals surface area contributed by atoms with E-state index in [0.29, 0.717) is 5.56 Å². The van der Waals surface area contributed by atoms with Crippen molar-refractivity contribution in [1.82, 2.24) is 0 Å². The van der Waals surface area contributed by atoms with E-state index in [-0.39, 0.29) is 5.78 Å². The van der Waals surface area contributed by atoms with Crippen LogP contribution < -0.4 is 0 Å². The molecular formula is C9H9BrO2. The molecule has 0 aromatic heterocycles. The zero-order valence-electron chi connectivity index (χ0n) is 6.62. The van der Waals surface area contributed by atoms with E-state index in [0.717, 1.165) is 4.47 Å². The Labute approximate surface area is 79.3 Å². The van der Waals surface area contributed by atoms with Crippen LogP contribution >= 0.6 is 15.9 Å². The summed E-state index contributed by atoms with van der Waals surface area (Å²) in [5.74, 6) is -0.242. The van der Waals surface area contributed by atoms with Crippen LogP contribution in [0.5, 0.6) is 0 Å². The lowest BCUT2D eigenvalue weighted by Gasteiger charge is -2.06. The molecule has 2 nitrogen and oxygen atoms in total. The average Bonchev–Trinajstić information content (AvgIpc) is 2.03. The Balaban J connectivity index is 2.95. The molecule has 0 bridgehead atoms. The summed E-state index contributed by atoms with van der Waals surface area (Å²) < 4.78 is 0.861. The second-order valence-corrected chi connectivity index (χ2v) is 3.48. The first-order valence-corrected chi connectivity index (χ1v) is 4.34. The molecule has 12 heavy (non-hydrogen) atoms. The summed E-state index contributed by atoms with van der Waals surface area (Å²) in [7, 11) is 0. The van der Waals surface area contributed by atoms with E-state index in [1.54, 1.807) is 18.2 Å². The van der Waals surface area contributed by atoms with Gasteiger partial charge in [0.05, 0.1) is 0 Å². The number of halogens is 1. The number of carbonyl (C=O) groups excluding carboxylic acids is 1. The highest BCUT2D eigenvalue weighted by Gasteiger charge is 2.11. The molecular weight excluding hydrogens is 220 g/mol. The van der Waals surface area contributed by atoms with E-state index in [2.05, 4.69) is 15.9 Å². The zero-order chi connectivity index (χ0) is 9.14. The molecule has 0 heterocycles. The van der Waals surface area contributed by atoms with Crippen LogP contribution in [0.4, 0.5) is 0 Å². The maximum Gasteiger partial charge on any atom is 0.162 e. The lowest BCUT2D eigenvalue weighted by atomic mass is 10.1. The van der Waals surface area contributed by atoms with E-state index in [4.69, 9.17) is 0 Å². The summed E-state index contributed by atoms with van der Waals surface area (Å²) >= 11 is 3.26. The topological polar surface area (TPSA) is 37.3 Å². The van der Waals surface area contributed by atoms with Crippen LogP contribution in [-0.2, 0) is 4.79 Å². The summed E-state index contributed by atoms with van der Waals surface area (Å²) in [4.78, 5) is 10.8. The third kappa shape index (κ3) is 2.16. The van der Waals surface area contributed by atoms with Crippen LogP contribution in [0.3, 0.4) is 0 Å². The van der Waals surface area contributed by atoms with E-state index in [1.165, 1.54) is 6.92 Å². The first-order valence-electron chi connectivity index (χ1n) is 3.55. The lowest BCUT2D eigenvalue weighted by molar-refractivity contribution is -0.125. The Morgan fingerprint density at radius 2 is 2.25 bits per heavy atom. The Hall–Kier alpha value is -0.670. The molecule has 0 aliphatic rings. The van der Waals surface area contributed by atoms with Gasteiger partial charge < -0.3 is 5.11 Å². The Morgan fingerprint density at radius 1 is 1.58 bits per heavy atom. The molecule has 0 spiro atoms. The van der Waals surface area contributed by atoms with Gasteiger partial charge >= 0.3 is 0 Å². The number of hydrogen-bond donors (Lipinski definition) is 1. The third-order valence-electron chi connectivity index (χ3n) is 1.55. The quantitative estimate of drug-likeness (QED) is 0.842. The van der Waals surface area contributed by atoms with Crippen molar-refractivity contribution in [2.45, 2.75) is 13.0 Å². The van der Waals surface area contributed by atoms with Crippen molar-refractivity contribution in [1.29, 1.82) is 0 Å². The van der Waals surface area contributed by atoms with E-state index >= 15 is 0 Å². The predicted octanol–water partition coefficient (Wildman–Crippen LogP) is 2.07. The number of aliphatic hydroxyl groups excluding tert-OH is 1. The van der Waals surface area contributed by atoms with Crippen molar-refractivity contribution < 1.29 is 9.90 Å². The van der Waals surface area contributed by atoms with Crippen LogP contribution in [-0.4, -0.2) is 10.9 Å². The van der Waals surface area contributed by atoms with Gasteiger partial charge in [-0.25, -0.2) is 0 Å². The predicted molar refractivity (Wildman–Crippen MR) is 49.8 cm³/mol. The molecule has 64 valence electrons. The van der Waals surface area contributed by atoms with Gasteiger partial charge in [0.1, 0.15) is 6.10 Å². The minimum absolute atomic E-state index is 0.242. The number of ketones is 1. The van der Waals surface area contributed by atoms with Crippen molar-refractivity contribution in [3.8, 4) is 0 Å². The lowest BCUT2D eigenvalue weighted by Crippen LogP contribution is -2.06. The van der Waals surface area contributed by atoms with Crippen molar-refractivity contribution in [3.63, 3.8) is 0 Å². The first kappa shape index (κ1) is 9.42. The Kier molecular flexibility index (Phi) is 3.00. The van der Waals surface area contributed by atoms with Crippen molar-refractivity contribution in [2.24, 2.45) is 0 Å². The molecule has 0 amide bonds. The Bertz CT molecular complexity index is 296. The number of rotatable bonds is 2. The van der Waals surface area contributed by atoms with Crippen molar-refractivity contribution in [2.75, 3.05) is 0 Å². The maximum absolute atomic E-state index is 10.8. The second-order valence-electron chi connectivity index (χ2n) is 2.57. The van der Waals surface area contributed by atoms with Gasteiger partial charge in [0, 0.05) is 4.47 Å². The summed E-state index contributed by atoms with van der Waals surface area (Å²) in [5.41, 5.74) is 0.622. The number of benzene rings is 1. The number of hydrogen-bond acceptors (Lipinski definition) is 2. The first-order chi connectivity index (χ1) is 5.61. The number of carbonyl (C=O) groups is 1. The summed E-state index contributed by atoms with van der Waals surface area (Å²) in [6.45, 7) is 1.37. The minimum Gasteiger partial charge on any atom is -0.381 e. The van der Waals surface area contributed by atoms with Gasteiger partial charge in [0.2, 0.25) is 0 Å². The molecule has 3 heteroatoms. The molecule has 0 saturated carbocycles. The van der Waals surface area contributed by atoms with Crippen molar-refractivity contribution in [3.05, 3.63) is 34.3 Å². The second kappa shape index (κ2) is 3.83. The molecule has 0 aliphatic carbocycles. The van der Waals surface area contributed by atoms with Gasteiger partial charge in [-0.15, -0.1) is 0 Å². The van der Waals surface area contributed by atoms with Gasteiger partial charge in [-0.2, -0.15) is 0 Å². The SMILES string of the molecule is CC(=O)C(O)c1cccc(Br)c1. The van der Waals surface area contributed by atoms with Gasteiger partial charge in [-0.05, 0) is 24.6 Å². The fourth-order valence-electron chi connectivity index (χ4n) is 0.911. The summed E-state index contributed by atoms with van der Waals surface area (Å²) in [5, 5.41) is 9.35. The number of aliphatic hydroxyl groups is 1. The van der Waals surface area contributed by atoms with E-state index in [1.807, 2.05) is 6.07 Å². The maximum atomic E-state index is 10.8. The Morgan fingerprint density at radius 3 is 2.75 bits per heavy atom. The van der Waals surface area contributed by atoms with E-state index in [9.17, 15) is 9.90 Å². The monoisotopic (exact) mass is 228 g/mol.